The number of anilines is 2. The molecule has 1 amide bonds. The summed E-state index contributed by atoms with van der Waals surface area (Å²) in [5.41, 5.74) is 4.57. The maximum absolute atomic E-state index is 11.6. The topological polar surface area (TPSA) is 112 Å². The number of piperazine rings is 1. The largest absolute Gasteiger partial charge is 0.462 e. The molecule has 11 nitrogen and oxygen atoms in total. The average Bonchev–Trinajstić information content (AvgIpc) is 3.50. The molecule has 3 aliphatic heterocycles. The van der Waals surface area contributed by atoms with Gasteiger partial charge in [0, 0.05) is 75.4 Å². The molecule has 0 bridgehead atoms. The van der Waals surface area contributed by atoms with Crippen LogP contribution in [0.15, 0.2) is 48.6 Å². The van der Waals surface area contributed by atoms with Gasteiger partial charge in [-0.2, -0.15) is 15.2 Å². The number of amides is 1. The van der Waals surface area contributed by atoms with E-state index in [1.54, 1.807) is 24.1 Å². The second-order valence-electron chi connectivity index (χ2n) is 13.4. The number of aryl methyl sites for hydroxylation is 1. The predicted octanol–water partition coefficient (Wildman–Crippen LogP) is 3.73. The van der Waals surface area contributed by atoms with E-state index < -0.39 is 6.23 Å². The monoisotopic (exact) mass is 652 g/mol. The van der Waals surface area contributed by atoms with Crippen LogP contribution >= 0.6 is 0 Å². The average molecular weight is 653 g/mol. The van der Waals surface area contributed by atoms with Gasteiger partial charge in [-0.15, -0.1) is 0 Å². The molecule has 2 aromatic carbocycles. The molecule has 3 aromatic rings. The molecule has 3 aliphatic rings. The number of aliphatic hydroxyl groups excluding tert-OH is 1. The highest BCUT2D eigenvalue weighted by molar-refractivity contribution is 5.97. The Balaban J connectivity index is 1.27. The third-order valence-electron chi connectivity index (χ3n) is 10.3. The molecular weight excluding hydrogens is 604 g/mol. The molecule has 6 rings (SSSR count). The van der Waals surface area contributed by atoms with Crippen LogP contribution in [0.3, 0.4) is 0 Å². The summed E-state index contributed by atoms with van der Waals surface area (Å²) >= 11 is 0. The van der Waals surface area contributed by atoms with E-state index in [-0.39, 0.29) is 18.4 Å². The van der Waals surface area contributed by atoms with E-state index in [0.29, 0.717) is 51.4 Å². The van der Waals surface area contributed by atoms with E-state index in [4.69, 9.17) is 14.7 Å². The van der Waals surface area contributed by atoms with Crippen LogP contribution in [-0.4, -0.2) is 114 Å². The Hall–Kier alpha value is -4.24. The lowest BCUT2D eigenvalue weighted by molar-refractivity contribution is -0.127. The number of aromatic nitrogens is 2. The van der Waals surface area contributed by atoms with Gasteiger partial charge in [-0.05, 0) is 62.9 Å². The third-order valence-corrected chi connectivity index (χ3v) is 10.3. The maximum atomic E-state index is 11.6. The normalized spacial score (nSPS) is 21.0. The molecule has 0 spiro atoms. The Morgan fingerprint density at radius 3 is 2.71 bits per heavy atom. The molecular formula is C37H48N8O3. The van der Waals surface area contributed by atoms with Crippen LogP contribution < -0.4 is 14.5 Å². The predicted molar refractivity (Wildman–Crippen MR) is 188 cm³/mol. The Morgan fingerprint density at radius 2 is 1.96 bits per heavy atom. The molecule has 0 radical (unpaired) electrons. The van der Waals surface area contributed by atoms with Crippen molar-refractivity contribution in [1.29, 1.82) is 5.26 Å². The number of hydrogen-bond donors (Lipinski definition) is 1. The highest BCUT2D eigenvalue weighted by Crippen LogP contribution is 2.36. The molecule has 1 unspecified atom stereocenters. The molecule has 4 heterocycles. The van der Waals surface area contributed by atoms with Gasteiger partial charge in [0.25, 0.3) is 0 Å². The third kappa shape index (κ3) is 7.26. The quantitative estimate of drug-likeness (QED) is 0.325. The number of fused-ring (bicyclic) bond motifs is 2. The van der Waals surface area contributed by atoms with Crippen molar-refractivity contribution in [2.75, 3.05) is 69.8 Å². The van der Waals surface area contributed by atoms with Crippen molar-refractivity contribution in [3.05, 3.63) is 65.4 Å². The minimum Gasteiger partial charge on any atom is -0.462 e. The van der Waals surface area contributed by atoms with E-state index in [0.717, 1.165) is 43.0 Å². The minimum absolute atomic E-state index is 0.0349. The molecule has 3 atom stereocenters. The molecule has 2 saturated heterocycles. The highest BCUT2D eigenvalue weighted by atomic mass is 16.5. The second kappa shape index (κ2) is 14.9. The van der Waals surface area contributed by atoms with Gasteiger partial charge in [0.2, 0.25) is 5.91 Å². The number of aliphatic hydroxyl groups is 1. The zero-order chi connectivity index (χ0) is 33.8. The first-order valence-electron chi connectivity index (χ1n) is 17.1. The van der Waals surface area contributed by atoms with Crippen molar-refractivity contribution in [1.82, 2.24) is 24.7 Å². The molecule has 2 fully saturated rings. The zero-order valence-corrected chi connectivity index (χ0v) is 28.7. The summed E-state index contributed by atoms with van der Waals surface area (Å²) < 4.78 is 6.35. The standard InChI is InChI=1S/C37H48N8O3/c1-26-9-5-10-28-11-6-13-33(35(26)28)43-20-16-31-32(24-43)39-37(48-25-30-12-7-19-42(30)4)40-36(31)44-21-22-45(29(23-44)15-17-38)34(47)14-8-18-41(3)27(2)46/h5-6,8-11,13-14,29-30,34,47H,7,12,15-16,18-25H2,1-4H3/b14-8+/t29-,30-,34?/m0/s1. The summed E-state index contributed by atoms with van der Waals surface area (Å²) in [6.07, 6.45) is 5.98. The van der Waals surface area contributed by atoms with E-state index >= 15 is 0 Å². The fraction of sp³-hybridized carbons (Fsp3) is 0.514. The number of hydrogen-bond acceptors (Lipinski definition) is 10. The minimum atomic E-state index is -0.856. The lowest BCUT2D eigenvalue weighted by Crippen LogP contribution is -2.56. The molecule has 1 N–H and O–H groups in total. The van der Waals surface area contributed by atoms with Crippen LogP contribution in [0.5, 0.6) is 6.01 Å². The summed E-state index contributed by atoms with van der Waals surface area (Å²) in [6.45, 7) is 8.95. The number of nitrogens with zero attached hydrogens (tertiary/aromatic N) is 8. The second-order valence-corrected chi connectivity index (χ2v) is 13.4. The number of likely N-dealkylation sites (N-methyl/N-ethyl adjacent to an activating group) is 2. The molecule has 48 heavy (non-hydrogen) atoms. The van der Waals surface area contributed by atoms with E-state index in [9.17, 15) is 15.2 Å². The van der Waals surface area contributed by atoms with Gasteiger partial charge < -0.3 is 29.4 Å². The molecule has 0 saturated carbocycles. The lowest BCUT2D eigenvalue weighted by atomic mass is 9.99. The van der Waals surface area contributed by atoms with Gasteiger partial charge in [0.1, 0.15) is 18.7 Å². The van der Waals surface area contributed by atoms with Crippen molar-refractivity contribution in [3.63, 3.8) is 0 Å². The number of carbonyl (C=O) groups is 1. The summed E-state index contributed by atoms with van der Waals surface area (Å²) in [5, 5.41) is 23.4. The van der Waals surface area contributed by atoms with Gasteiger partial charge in [0.15, 0.2) is 0 Å². The highest BCUT2D eigenvalue weighted by Gasteiger charge is 2.34. The zero-order valence-electron chi connectivity index (χ0n) is 28.7. The Morgan fingerprint density at radius 1 is 1.15 bits per heavy atom. The number of nitriles is 1. The number of carbonyl (C=O) groups excluding carboxylic acids is 1. The fourth-order valence-electron chi connectivity index (χ4n) is 7.33. The van der Waals surface area contributed by atoms with E-state index in [1.165, 1.54) is 35.4 Å². The van der Waals surface area contributed by atoms with Crippen molar-refractivity contribution >= 4 is 28.2 Å². The summed E-state index contributed by atoms with van der Waals surface area (Å²) in [7, 11) is 3.87. The van der Waals surface area contributed by atoms with Gasteiger partial charge in [-0.3, -0.25) is 9.69 Å². The Bertz CT molecular complexity index is 1680. The molecule has 254 valence electrons. The number of ether oxygens (including phenoxy) is 1. The number of rotatable bonds is 10. The van der Waals surface area contributed by atoms with Crippen LogP contribution in [0.25, 0.3) is 10.8 Å². The summed E-state index contributed by atoms with van der Waals surface area (Å²) in [6, 6.07) is 15.8. The molecule has 0 aliphatic carbocycles. The summed E-state index contributed by atoms with van der Waals surface area (Å²) in [5.74, 6) is 0.839. The van der Waals surface area contributed by atoms with E-state index in [1.807, 2.05) is 4.90 Å². The number of benzene rings is 2. The van der Waals surface area contributed by atoms with Crippen LogP contribution in [0.1, 0.15) is 43.0 Å². The van der Waals surface area contributed by atoms with Crippen LogP contribution in [-0.2, 0) is 17.8 Å². The maximum Gasteiger partial charge on any atom is 0.318 e. The van der Waals surface area contributed by atoms with Gasteiger partial charge in [-0.25, -0.2) is 0 Å². The van der Waals surface area contributed by atoms with Gasteiger partial charge in [0.05, 0.1) is 24.7 Å². The smallest absolute Gasteiger partial charge is 0.318 e. The van der Waals surface area contributed by atoms with Crippen molar-refractivity contribution in [3.8, 4) is 12.1 Å². The Labute approximate surface area is 284 Å². The summed E-state index contributed by atoms with van der Waals surface area (Å²) in [4.78, 5) is 32.2. The van der Waals surface area contributed by atoms with Crippen molar-refractivity contribution in [2.45, 2.75) is 64.4 Å². The molecule has 1 aromatic heterocycles. The van der Waals surface area contributed by atoms with Gasteiger partial charge >= 0.3 is 6.01 Å². The van der Waals surface area contributed by atoms with E-state index in [2.05, 4.69) is 71.1 Å². The fourth-order valence-corrected chi connectivity index (χ4v) is 7.33. The van der Waals surface area contributed by atoms with Crippen LogP contribution in [0.2, 0.25) is 0 Å². The molecule has 11 heteroatoms. The van der Waals surface area contributed by atoms with Crippen molar-refractivity contribution < 1.29 is 14.6 Å². The van der Waals surface area contributed by atoms with Crippen LogP contribution in [0.4, 0.5) is 11.5 Å². The lowest BCUT2D eigenvalue weighted by Gasteiger charge is -2.43. The number of likely N-dealkylation sites (tertiary alicyclic amines) is 1. The first-order chi connectivity index (χ1) is 23.2. The SMILES string of the molecule is CC(=O)N(C)C/C=C/C(O)N1CCN(c2nc(OC[C@@H]3CCCN3C)nc3c2CCN(c2cccc4cccc(C)c24)C3)C[C@@H]1CC#N. The first-order valence-corrected chi connectivity index (χ1v) is 17.1. The first kappa shape index (κ1) is 33.7. The Kier molecular flexibility index (Phi) is 10.4. The van der Waals surface area contributed by atoms with Crippen LogP contribution in [0, 0.1) is 18.3 Å². The van der Waals surface area contributed by atoms with Gasteiger partial charge in [-0.1, -0.05) is 36.4 Å². The van der Waals surface area contributed by atoms with Crippen molar-refractivity contribution in [2.24, 2.45) is 0 Å².